The number of likely N-dealkylation sites (N-methyl/N-ethyl adjacent to an activating group) is 1. The second kappa shape index (κ2) is 6.89. The summed E-state index contributed by atoms with van der Waals surface area (Å²) in [6.45, 7) is 4.00. The van der Waals surface area contributed by atoms with Gasteiger partial charge in [0.05, 0.1) is 16.6 Å². The lowest BCUT2D eigenvalue weighted by atomic mass is 10.3. The number of hydrogen-bond donors (Lipinski definition) is 0. The van der Waals surface area contributed by atoms with Gasteiger partial charge in [0.1, 0.15) is 6.54 Å². The zero-order valence-electron chi connectivity index (χ0n) is 10.6. The molecule has 1 heterocycles. The van der Waals surface area contributed by atoms with Gasteiger partial charge in [-0.3, -0.25) is 14.9 Å². The highest BCUT2D eigenvalue weighted by Crippen LogP contribution is 2.28. The average Bonchev–Trinajstić information content (AvgIpc) is 2.36. The average molecular weight is 288 g/mol. The van der Waals surface area contributed by atoms with Crippen LogP contribution >= 0.6 is 11.6 Å². The Kier molecular flexibility index (Phi) is 5.50. The van der Waals surface area contributed by atoms with Crippen molar-refractivity contribution in [2.75, 3.05) is 24.6 Å². The molecule has 0 bridgehead atoms. The van der Waals surface area contributed by atoms with Gasteiger partial charge in [0.2, 0.25) is 5.82 Å². The van der Waals surface area contributed by atoms with Crippen LogP contribution in [0, 0.1) is 10.1 Å². The van der Waals surface area contributed by atoms with Gasteiger partial charge in [-0.2, -0.15) is 0 Å². The Morgan fingerprint density at radius 1 is 1.58 bits per heavy atom. The molecule has 0 atom stereocenters. The fraction of sp³-hybridized carbons (Fsp3) is 0.455. The van der Waals surface area contributed by atoms with Crippen LogP contribution in [-0.2, 0) is 9.53 Å². The lowest BCUT2D eigenvalue weighted by Crippen LogP contribution is -2.32. The van der Waals surface area contributed by atoms with E-state index in [0.717, 1.165) is 0 Å². The molecule has 1 aromatic rings. The van der Waals surface area contributed by atoms with E-state index >= 15 is 0 Å². The lowest BCUT2D eigenvalue weighted by molar-refractivity contribution is -0.384. The van der Waals surface area contributed by atoms with Gasteiger partial charge >= 0.3 is 11.7 Å². The van der Waals surface area contributed by atoms with Gasteiger partial charge in [0.25, 0.3) is 0 Å². The molecule has 7 nitrogen and oxygen atoms in total. The van der Waals surface area contributed by atoms with Gasteiger partial charge in [-0.05, 0) is 13.8 Å². The van der Waals surface area contributed by atoms with Crippen LogP contribution in [0.2, 0.25) is 5.02 Å². The molecule has 8 heteroatoms. The molecule has 0 fully saturated rings. The lowest BCUT2D eigenvalue weighted by Gasteiger charge is -2.20. The first-order valence-electron chi connectivity index (χ1n) is 5.70. The maximum atomic E-state index is 11.4. The molecule has 0 aliphatic rings. The van der Waals surface area contributed by atoms with Crippen LogP contribution in [0.5, 0.6) is 0 Å². The number of hydrogen-bond acceptors (Lipinski definition) is 6. The molecule has 0 unspecified atom stereocenters. The molecule has 0 spiro atoms. The minimum Gasteiger partial charge on any atom is -0.465 e. The van der Waals surface area contributed by atoms with E-state index in [1.807, 2.05) is 0 Å². The second-order valence-corrected chi connectivity index (χ2v) is 4.01. The fourth-order valence-electron chi connectivity index (χ4n) is 1.50. The highest BCUT2D eigenvalue weighted by molar-refractivity contribution is 6.30. The molecule has 0 aromatic carbocycles. The zero-order chi connectivity index (χ0) is 14.4. The molecule has 19 heavy (non-hydrogen) atoms. The van der Waals surface area contributed by atoms with Crippen molar-refractivity contribution < 1.29 is 14.5 Å². The molecular formula is C11H14ClN3O4. The minimum atomic E-state index is -0.581. The number of carbonyl (C=O) groups excluding carboxylic acids is 1. The van der Waals surface area contributed by atoms with E-state index in [2.05, 4.69) is 4.98 Å². The number of carbonyl (C=O) groups is 1. The van der Waals surface area contributed by atoms with Gasteiger partial charge in [0.15, 0.2) is 0 Å². The summed E-state index contributed by atoms with van der Waals surface area (Å²) in [5, 5.41) is 11.1. The van der Waals surface area contributed by atoms with Crippen LogP contribution in [-0.4, -0.2) is 35.6 Å². The Balaban J connectivity index is 3.04. The molecule has 0 N–H and O–H groups in total. The summed E-state index contributed by atoms with van der Waals surface area (Å²) in [6, 6.07) is 1.21. The first-order valence-corrected chi connectivity index (χ1v) is 6.07. The monoisotopic (exact) mass is 287 g/mol. The maximum absolute atomic E-state index is 11.4. The van der Waals surface area contributed by atoms with Crippen molar-refractivity contribution >= 4 is 29.1 Å². The number of aromatic nitrogens is 1. The van der Waals surface area contributed by atoms with Crippen LogP contribution in [0.15, 0.2) is 12.3 Å². The molecule has 104 valence electrons. The van der Waals surface area contributed by atoms with Gasteiger partial charge < -0.3 is 9.64 Å². The molecule has 0 aliphatic carbocycles. The molecular weight excluding hydrogens is 274 g/mol. The predicted octanol–water partition coefficient (Wildman–Crippen LogP) is 2.03. The molecule has 0 saturated carbocycles. The van der Waals surface area contributed by atoms with Crippen molar-refractivity contribution in [2.24, 2.45) is 0 Å². The molecule has 0 amide bonds. The number of esters is 1. The quantitative estimate of drug-likeness (QED) is 0.452. The summed E-state index contributed by atoms with van der Waals surface area (Å²) >= 11 is 5.69. The second-order valence-electron chi connectivity index (χ2n) is 3.57. The fourth-order valence-corrected chi connectivity index (χ4v) is 1.65. The summed E-state index contributed by atoms with van der Waals surface area (Å²) < 4.78 is 4.82. The van der Waals surface area contributed by atoms with Crippen LogP contribution in [0.3, 0.4) is 0 Å². The first-order chi connectivity index (χ1) is 8.99. The van der Waals surface area contributed by atoms with Crippen LogP contribution in [0.4, 0.5) is 11.5 Å². The van der Waals surface area contributed by atoms with Gasteiger partial charge in [-0.25, -0.2) is 4.98 Å². The molecule has 0 aliphatic heterocycles. The summed E-state index contributed by atoms with van der Waals surface area (Å²) in [7, 11) is 0. The molecule has 0 radical (unpaired) electrons. The Morgan fingerprint density at radius 2 is 2.26 bits per heavy atom. The molecule has 0 saturated heterocycles. The van der Waals surface area contributed by atoms with Gasteiger partial charge in [0, 0.05) is 18.8 Å². The first kappa shape index (κ1) is 15.2. The Labute approximate surface area is 115 Å². The predicted molar refractivity (Wildman–Crippen MR) is 70.4 cm³/mol. The summed E-state index contributed by atoms with van der Waals surface area (Å²) in [5.41, 5.74) is -0.237. The highest BCUT2D eigenvalue weighted by Gasteiger charge is 2.22. The highest BCUT2D eigenvalue weighted by atomic mass is 35.5. The summed E-state index contributed by atoms with van der Waals surface area (Å²) in [6.07, 6.45) is 1.30. The third-order valence-corrected chi connectivity index (χ3v) is 2.52. The van der Waals surface area contributed by atoms with Gasteiger partial charge in [-0.1, -0.05) is 11.6 Å². The number of halogens is 1. The van der Waals surface area contributed by atoms with Crippen LogP contribution in [0.1, 0.15) is 13.8 Å². The minimum absolute atomic E-state index is 0.0974. The van der Waals surface area contributed by atoms with Crippen molar-refractivity contribution in [1.29, 1.82) is 0 Å². The van der Waals surface area contributed by atoms with E-state index in [4.69, 9.17) is 16.3 Å². The zero-order valence-corrected chi connectivity index (χ0v) is 11.4. The number of nitro groups is 1. The maximum Gasteiger partial charge on any atom is 0.325 e. The van der Waals surface area contributed by atoms with E-state index in [1.165, 1.54) is 17.2 Å². The third-order valence-electron chi connectivity index (χ3n) is 2.32. The summed E-state index contributed by atoms with van der Waals surface area (Å²) in [4.78, 5) is 27.2. The Morgan fingerprint density at radius 3 is 2.79 bits per heavy atom. The number of ether oxygens (including phenoxy) is 1. The smallest absolute Gasteiger partial charge is 0.325 e. The van der Waals surface area contributed by atoms with Crippen molar-refractivity contribution in [1.82, 2.24) is 4.98 Å². The van der Waals surface area contributed by atoms with E-state index in [-0.39, 0.29) is 29.7 Å². The molecule has 1 rings (SSSR count). The van der Waals surface area contributed by atoms with Crippen LogP contribution < -0.4 is 4.90 Å². The standard InChI is InChI=1S/C11H14ClN3O4/c1-3-14(7-10(16)19-4-2)11-9(15(17)18)5-8(12)6-13-11/h5-6H,3-4,7H2,1-2H3. The normalized spacial score (nSPS) is 10.1. The summed E-state index contributed by atoms with van der Waals surface area (Å²) in [5.74, 6) is -0.361. The van der Waals surface area contributed by atoms with E-state index in [1.54, 1.807) is 13.8 Å². The number of anilines is 1. The topological polar surface area (TPSA) is 85.6 Å². The Bertz CT molecular complexity index is 481. The molecule has 1 aromatic heterocycles. The number of nitrogens with zero attached hydrogens (tertiary/aromatic N) is 3. The van der Waals surface area contributed by atoms with E-state index in [0.29, 0.717) is 6.54 Å². The van der Waals surface area contributed by atoms with E-state index < -0.39 is 10.9 Å². The van der Waals surface area contributed by atoms with E-state index in [9.17, 15) is 14.9 Å². The van der Waals surface area contributed by atoms with Crippen molar-refractivity contribution in [3.8, 4) is 0 Å². The number of rotatable bonds is 6. The van der Waals surface area contributed by atoms with Crippen molar-refractivity contribution in [3.05, 3.63) is 27.4 Å². The Hall–Kier alpha value is -1.89. The third kappa shape index (κ3) is 4.06. The largest absolute Gasteiger partial charge is 0.465 e. The van der Waals surface area contributed by atoms with Crippen molar-refractivity contribution in [2.45, 2.75) is 13.8 Å². The number of pyridine rings is 1. The van der Waals surface area contributed by atoms with Gasteiger partial charge in [-0.15, -0.1) is 0 Å². The SMILES string of the molecule is CCOC(=O)CN(CC)c1ncc(Cl)cc1[N+](=O)[O-]. The van der Waals surface area contributed by atoms with Crippen molar-refractivity contribution in [3.63, 3.8) is 0 Å². The van der Waals surface area contributed by atoms with Crippen LogP contribution in [0.25, 0.3) is 0 Å².